The molecule has 1 aromatic heterocycles. The molecule has 3 nitrogen and oxygen atoms in total. The summed E-state index contributed by atoms with van der Waals surface area (Å²) in [6.07, 6.45) is -0.338. The molecule has 0 unspecified atom stereocenters. The van der Waals surface area contributed by atoms with Crippen LogP contribution in [0.1, 0.15) is 24.1 Å². The van der Waals surface area contributed by atoms with Crippen molar-refractivity contribution in [3.8, 4) is 0 Å². The van der Waals surface area contributed by atoms with Gasteiger partial charge in [-0.05, 0) is 30.6 Å². The van der Waals surface area contributed by atoms with Crippen molar-refractivity contribution in [1.29, 1.82) is 0 Å². The Morgan fingerprint density at radius 1 is 1.44 bits per heavy atom. The van der Waals surface area contributed by atoms with E-state index >= 15 is 0 Å². The number of aromatic nitrogens is 2. The molecule has 1 aliphatic heterocycles. The molecule has 100 valence electrons. The first-order valence-corrected chi connectivity index (χ1v) is 6.18. The Kier molecular flexibility index (Phi) is 2.49. The number of nitrogens with one attached hydrogen (secondary N) is 1. The summed E-state index contributed by atoms with van der Waals surface area (Å²) in [7, 11) is 1.35. The second kappa shape index (κ2) is 3.73. The van der Waals surface area contributed by atoms with Crippen LogP contribution >= 0.6 is 0 Å². The van der Waals surface area contributed by atoms with Crippen molar-refractivity contribution in [3.05, 3.63) is 17.5 Å². The lowest BCUT2D eigenvalue weighted by atomic mass is 9.57. The van der Waals surface area contributed by atoms with Gasteiger partial charge < -0.3 is 5.32 Å². The van der Waals surface area contributed by atoms with E-state index in [0.717, 1.165) is 30.6 Å². The zero-order chi connectivity index (χ0) is 13.0. The molecule has 2 aliphatic rings. The van der Waals surface area contributed by atoms with Crippen molar-refractivity contribution < 1.29 is 13.2 Å². The average molecular weight is 259 g/mol. The van der Waals surface area contributed by atoms with Crippen molar-refractivity contribution in [3.63, 3.8) is 0 Å². The van der Waals surface area contributed by atoms with Gasteiger partial charge >= 0.3 is 6.18 Å². The Bertz CT molecular complexity index is 452. The molecule has 1 aliphatic carbocycles. The molecule has 2 heterocycles. The molecule has 1 N–H and O–H groups in total. The third-order valence-corrected chi connectivity index (χ3v) is 4.24. The van der Waals surface area contributed by atoms with Gasteiger partial charge in [0.05, 0.1) is 6.20 Å². The molecule has 1 saturated carbocycles. The van der Waals surface area contributed by atoms with Crippen LogP contribution in [-0.2, 0) is 19.6 Å². The second-order valence-corrected chi connectivity index (χ2v) is 5.72. The summed E-state index contributed by atoms with van der Waals surface area (Å²) in [5.74, 6) is 0.386. The summed E-state index contributed by atoms with van der Waals surface area (Å²) >= 11 is 0. The molecule has 0 radical (unpaired) electrons. The lowest BCUT2D eigenvalue weighted by Gasteiger charge is -2.54. The molecule has 0 atom stereocenters. The monoisotopic (exact) mass is 259 g/mol. The van der Waals surface area contributed by atoms with Crippen molar-refractivity contribution in [1.82, 2.24) is 15.1 Å². The van der Waals surface area contributed by atoms with Crippen LogP contribution in [0.4, 0.5) is 13.2 Å². The summed E-state index contributed by atoms with van der Waals surface area (Å²) in [4.78, 5) is 0. The van der Waals surface area contributed by atoms with Crippen LogP contribution in [-0.4, -0.2) is 22.9 Å². The van der Waals surface area contributed by atoms with Crippen molar-refractivity contribution in [2.24, 2.45) is 18.4 Å². The smallest absolute Gasteiger partial charge is 0.316 e. The Morgan fingerprint density at radius 2 is 2.11 bits per heavy atom. The predicted molar refractivity (Wildman–Crippen MR) is 59.9 cm³/mol. The van der Waals surface area contributed by atoms with Gasteiger partial charge in [0.25, 0.3) is 0 Å². The fourth-order valence-electron chi connectivity index (χ4n) is 3.39. The number of halogens is 3. The highest BCUT2D eigenvalue weighted by molar-refractivity contribution is 5.22. The largest absolute Gasteiger partial charge is 0.433 e. The van der Waals surface area contributed by atoms with Crippen molar-refractivity contribution in [2.75, 3.05) is 13.1 Å². The van der Waals surface area contributed by atoms with E-state index in [9.17, 15) is 13.2 Å². The summed E-state index contributed by atoms with van der Waals surface area (Å²) < 4.78 is 39.6. The number of hydrogen-bond acceptors (Lipinski definition) is 2. The lowest BCUT2D eigenvalue weighted by Crippen LogP contribution is -2.60. The van der Waals surface area contributed by atoms with E-state index in [0.29, 0.717) is 23.3 Å². The van der Waals surface area contributed by atoms with E-state index in [4.69, 9.17) is 0 Å². The van der Waals surface area contributed by atoms with Crippen LogP contribution in [0.2, 0.25) is 0 Å². The fraction of sp³-hybridized carbons (Fsp3) is 0.750. The van der Waals surface area contributed by atoms with E-state index in [2.05, 4.69) is 10.4 Å². The molecule has 6 heteroatoms. The summed E-state index contributed by atoms with van der Waals surface area (Å²) in [6.45, 7) is 2.06. The zero-order valence-corrected chi connectivity index (χ0v) is 10.2. The first-order chi connectivity index (χ1) is 8.40. The van der Waals surface area contributed by atoms with Gasteiger partial charge in [-0.2, -0.15) is 18.3 Å². The van der Waals surface area contributed by atoms with Gasteiger partial charge in [0.1, 0.15) is 5.69 Å². The van der Waals surface area contributed by atoms with Crippen LogP contribution < -0.4 is 5.32 Å². The van der Waals surface area contributed by atoms with E-state index in [1.807, 2.05) is 0 Å². The predicted octanol–water partition coefficient (Wildman–Crippen LogP) is 1.98. The van der Waals surface area contributed by atoms with E-state index in [1.165, 1.54) is 13.2 Å². The Labute approximate surface area is 103 Å². The van der Waals surface area contributed by atoms with Crippen molar-refractivity contribution >= 4 is 0 Å². The van der Waals surface area contributed by atoms with Crippen LogP contribution in [0.3, 0.4) is 0 Å². The third kappa shape index (κ3) is 1.83. The first-order valence-electron chi connectivity index (χ1n) is 6.18. The molecule has 1 aromatic rings. The Hall–Kier alpha value is -1.04. The van der Waals surface area contributed by atoms with Gasteiger partial charge in [-0.15, -0.1) is 0 Å². The Balaban J connectivity index is 1.70. The van der Waals surface area contributed by atoms with Gasteiger partial charge in [-0.1, -0.05) is 0 Å². The van der Waals surface area contributed by atoms with Crippen LogP contribution in [0.25, 0.3) is 0 Å². The van der Waals surface area contributed by atoms with Gasteiger partial charge in [0, 0.05) is 25.7 Å². The minimum atomic E-state index is -4.31. The van der Waals surface area contributed by atoms with E-state index in [-0.39, 0.29) is 0 Å². The minimum absolute atomic E-state index is 0.345. The van der Waals surface area contributed by atoms with E-state index < -0.39 is 11.9 Å². The Morgan fingerprint density at radius 3 is 2.61 bits per heavy atom. The zero-order valence-electron chi connectivity index (χ0n) is 10.2. The summed E-state index contributed by atoms with van der Waals surface area (Å²) in [6, 6.07) is 0. The quantitative estimate of drug-likeness (QED) is 0.880. The number of hydrogen-bond donors (Lipinski definition) is 1. The SMILES string of the molecule is Cn1ncc(CC2CC3(CNC3)C2)c1C(F)(F)F. The highest BCUT2D eigenvalue weighted by atomic mass is 19.4. The molecule has 0 amide bonds. The van der Waals surface area contributed by atoms with Crippen LogP contribution in [0.15, 0.2) is 6.20 Å². The maximum Gasteiger partial charge on any atom is 0.433 e. The molecule has 1 spiro atoms. The molecule has 1 saturated heterocycles. The molecular weight excluding hydrogens is 243 g/mol. The third-order valence-electron chi connectivity index (χ3n) is 4.24. The van der Waals surface area contributed by atoms with Crippen molar-refractivity contribution in [2.45, 2.75) is 25.4 Å². The lowest BCUT2D eigenvalue weighted by molar-refractivity contribution is -0.144. The molecule has 2 fully saturated rings. The molecule has 18 heavy (non-hydrogen) atoms. The first kappa shape index (κ1) is 12.0. The normalized spacial score (nSPS) is 22.9. The maximum atomic E-state index is 12.9. The number of nitrogens with zero attached hydrogens (tertiary/aromatic N) is 2. The van der Waals surface area contributed by atoms with E-state index in [1.54, 1.807) is 0 Å². The number of aryl methyl sites for hydroxylation is 1. The maximum absolute atomic E-state index is 12.9. The minimum Gasteiger partial charge on any atom is -0.316 e. The van der Waals surface area contributed by atoms with Gasteiger partial charge in [-0.25, -0.2) is 0 Å². The summed E-state index contributed by atoms with van der Waals surface area (Å²) in [5.41, 5.74) is 0.165. The van der Waals surface area contributed by atoms with Gasteiger partial charge in [-0.3, -0.25) is 4.68 Å². The average Bonchev–Trinajstić information content (AvgIpc) is 2.48. The molecule has 3 rings (SSSR count). The second-order valence-electron chi connectivity index (χ2n) is 5.72. The topological polar surface area (TPSA) is 29.9 Å². The van der Waals surface area contributed by atoms with Gasteiger partial charge in [0.2, 0.25) is 0 Å². The molecule has 0 bridgehead atoms. The fourth-order valence-corrected chi connectivity index (χ4v) is 3.39. The highest BCUT2D eigenvalue weighted by Gasteiger charge is 2.48. The highest BCUT2D eigenvalue weighted by Crippen LogP contribution is 2.50. The number of rotatable bonds is 2. The standard InChI is InChI=1S/C12H16F3N3/c1-18-10(12(13,14)15)9(5-17-18)2-8-3-11(4-8)6-16-7-11/h5,8,16H,2-4,6-7H2,1H3. The summed E-state index contributed by atoms with van der Waals surface area (Å²) in [5, 5.41) is 6.98. The molecule has 0 aromatic carbocycles. The molecular formula is C12H16F3N3. The van der Waals surface area contributed by atoms with Crippen LogP contribution in [0, 0.1) is 11.3 Å². The number of alkyl halides is 3. The van der Waals surface area contributed by atoms with Crippen LogP contribution in [0.5, 0.6) is 0 Å². The van der Waals surface area contributed by atoms with Gasteiger partial charge in [0.15, 0.2) is 0 Å².